The molecule has 9 nitrogen and oxygen atoms in total. The third kappa shape index (κ3) is 5.16. The van der Waals surface area contributed by atoms with E-state index in [-0.39, 0.29) is 6.61 Å². The molecule has 9 heteroatoms. The van der Waals surface area contributed by atoms with Crippen LogP contribution in [0.1, 0.15) is 11.1 Å². The molecule has 0 atom stereocenters. The molecule has 3 heterocycles. The van der Waals surface area contributed by atoms with Gasteiger partial charge in [0.2, 0.25) is 0 Å². The molecule has 0 radical (unpaired) electrons. The van der Waals surface area contributed by atoms with E-state index in [0.717, 1.165) is 39.5 Å². The number of aromatic nitrogens is 4. The number of hydrogen-bond acceptors (Lipinski definition) is 8. The monoisotopic (exact) mass is 443 g/mol. The van der Waals surface area contributed by atoms with Gasteiger partial charge in [-0.25, -0.2) is 15.0 Å². The molecule has 0 amide bonds. The Bertz CT molecular complexity index is 1270. The van der Waals surface area contributed by atoms with E-state index in [1.165, 1.54) is 12.5 Å². The van der Waals surface area contributed by atoms with Crippen LogP contribution in [0.5, 0.6) is 5.75 Å². The maximum Gasteiger partial charge on any atom is 0.140 e. The summed E-state index contributed by atoms with van der Waals surface area (Å²) in [5.41, 5.74) is 5.15. The average molecular weight is 444 g/mol. The number of anilines is 1. The van der Waals surface area contributed by atoms with Gasteiger partial charge in [-0.05, 0) is 17.2 Å². The Morgan fingerprint density at radius 2 is 2.00 bits per heavy atom. The molecule has 1 aromatic carbocycles. The summed E-state index contributed by atoms with van der Waals surface area (Å²) >= 11 is 0. The van der Waals surface area contributed by atoms with Crippen LogP contribution in [0.2, 0.25) is 0 Å². The first-order valence-corrected chi connectivity index (χ1v) is 10.4. The Hall–Kier alpha value is -4.24. The van der Waals surface area contributed by atoms with Gasteiger partial charge in [0.25, 0.3) is 0 Å². The first-order valence-electron chi connectivity index (χ1n) is 10.4. The topological polar surface area (TPSA) is 120 Å². The second kappa shape index (κ2) is 10.4. The van der Waals surface area contributed by atoms with E-state index in [9.17, 15) is 0 Å². The summed E-state index contributed by atoms with van der Waals surface area (Å²) in [6.07, 6.45) is 8.24. The number of aliphatic hydroxyl groups is 1. The van der Waals surface area contributed by atoms with E-state index in [1.54, 1.807) is 19.5 Å². The molecule has 0 fully saturated rings. The Morgan fingerprint density at radius 1 is 1.15 bits per heavy atom. The Kier molecular flexibility index (Phi) is 6.91. The quantitative estimate of drug-likeness (QED) is 0.220. The van der Waals surface area contributed by atoms with Gasteiger partial charge in [-0.1, -0.05) is 24.3 Å². The summed E-state index contributed by atoms with van der Waals surface area (Å²) in [7, 11) is 1.63. The summed E-state index contributed by atoms with van der Waals surface area (Å²) in [5, 5.41) is 22.8. The van der Waals surface area contributed by atoms with Gasteiger partial charge in [0, 0.05) is 49.4 Å². The Labute approximate surface area is 191 Å². The minimum atomic E-state index is 0.0448. The predicted molar refractivity (Wildman–Crippen MR) is 128 cm³/mol. The first-order chi connectivity index (χ1) is 16.2. The number of benzene rings is 1. The molecule has 3 aromatic heterocycles. The number of aliphatic hydroxyl groups excluding tert-OH is 1. The summed E-state index contributed by atoms with van der Waals surface area (Å²) in [5.74, 6) is 1.46. The molecule has 0 spiro atoms. The van der Waals surface area contributed by atoms with Crippen molar-refractivity contribution in [3.8, 4) is 17.1 Å². The highest BCUT2D eigenvalue weighted by Gasteiger charge is 2.09. The number of ether oxygens (including phenoxy) is 1. The molecule has 168 valence electrons. The van der Waals surface area contributed by atoms with Gasteiger partial charge in [-0.3, -0.25) is 4.40 Å². The minimum absolute atomic E-state index is 0.0448. The molecule has 33 heavy (non-hydrogen) atoms. The van der Waals surface area contributed by atoms with Crippen molar-refractivity contribution >= 4 is 23.3 Å². The lowest BCUT2D eigenvalue weighted by molar-refractivity contribution is 0.298. The molecule has 0 bridgehead atoms. The van der Waals surface area contributed by atoms with Gasteiger partial charge in [-0.2, -0.15) is 0 Å². The fraction of sp³-hybridized carbons (Fsp3) is 0.167. The largest absolute Gasteiger partial charge is 0.497 e. The van der Waals surface area contributed by atoms with Gasteiger partial charge in [0.15, 0.2) is 0 Å². The number of allylic oxidation sites excluding steroid dienone is 1. The lowest BCUT2D eigenvalue weighted by Gasteiger charge is -2.09. The normalized spacial score (nSPS) is 11.4. The number of nitrogens with zero attached hydrogens (tertiary/aromatic N) is 4. The van der Waals surface area contributed by atoms with Crippen LogP contribution in [0.4, 0.5) is 5.82 Å². The molecule has 0 aliphatic carbocycles. The van der Waals surface area contributed by atoms with Gasteiger partial charge in [-0.15, -0.1) is 0 Å². The van der Waals surface area contributed by atoms with Crippen molar-refractivity contribution in [3.63, 3.8) is 0 Å². The van der Waals surface area contributed by atoms with Gasteiger partial charge >= 0.3 is 0 Å². The van der Waals surface area contributed by atoms with E-state index >= 15 is 0 Å². The average Bonchev–Trinajstić information content (AvgIpc) is 3.29. The fourth-order valence-electron chi connectivity index (χ4n) is 3.34. The number of pyridine rings is 1. The second-order valence-corrected chi connectivity index (χ2v) is 7.20. The zero-order chi connectivity index (χ0) is 23.0. The van der Waals surface area contributed by atoms with Gasteiger partial charge < -0.3 is 25.9 Å². The highest BCUT2D eigenvalue weighted by atomic mass is 16.5. The van der Waals surface area contributed by atoms with E-state index in [4.69, 9.17) is 15.3 Å². The van der Waals surface area contributed by atoms with Crippen molar-refractivity contribution < 1.29 is 9.84 Å². The van der Waals surface area contributed by atoms with E-state index in [1.807, 2.05) is 53.1 Å². The molecular weight excluding hydrogens is 418 g/mol. The zero-order valence-corrected chi connectivity index (χ0v) is 18.2. The zero-order valence-electron chi connectivity index (χ0n) is 18.2. The van der Waals surface area contributed by atoms with Crippen LogP contribution >= 0.6 is 0 Å². The van der Waals surface area contributed by atoms with Gasteiger partial charge in [0.05, 0.1) is 31.3 Å². The van der Waals surface area contributed by atoms with E-state index in [2.05, 4.69) is 25.6 Å². The number of imidazole rings is 1. The summed E-state index contributed by atoms with van der Waals surface area (Å²) in [6.45, 7) is 1.08. The van der Waals surface area contributed by atoms with Crippen LogP contribution in [-0.4, -0.2) is 50.9 Å². The summed E-state index contributed by atoms with van der Waals surface area (Å²) in [4.78, 5) is 13.2. The fourth-order valence-corrected chi connectivity index (χ4v) is 3.34. The Balaban J connectivity index is 1.45. The predicted octanol–water partition coefficient (Wildman–Crippen LogP) is 2.98. The van der Waals surface area contributed by atoms with Crippen LogP contribution in [0.3, 0.4) is 0 Å². The van der Waals surface area contributed by atoms with Crippen LogP contribution in [0.15, 0.2) is 67.4 Å². The van der Waals surface area contributed by atoms with Crippen LogP contribution < -0.4 is 15.4 Å². The molecular formula is C24H25N7O2. The van der Waals surface area contributed by atoms with Crippen molar-refractivity contribution in [3.05, 3.63) is 78.5 Å². The van der Waals surface area contributed by atoms with Crippen molar-refractivity contribution in [2.24, 2.45) is 0 Å². The SMILES string of the molecule is COc1ccn2c(-c3cc(NCc4ccc(/C(C=N)=C/NCCO)cc4)ncn3)cnc2c1. The van der Waals surface area contributed by atoms with Crippen molar-refractivity contribution in [2.45, 2.75) is 6.54 Å². The molecule has 4 aromatic rings. The highest BCUT2D eigenvalue weighted by Crippen LogP contribution is 2.23. The standard InChI is InChI=1S/C24H25N7O2/c1-33-20-6-8-31-22(15-28-24(31)10-20)21-11-23(30-16-29-21)27-13-17-2-4-18(5-3-17)19(12-25)14-26-7-9-32/h2-6,8,10-12,14-16,25-26,32H,7,9,13H2,1H3,(H,27,29,30)/b19-14+,25-12?. The second-order valence-electron chi connectivity index (χ2n) is 7.20. The lowest BCUT2D eigenvalue weighted by Crippen LogP contribution is -2.11. The smallest absolute Gasteiger partial charge is 0.140 e. The maximum atomic E-state index is 8.88. The van der Waals surface area contributed by atoms with Crippen molar-refractivity contribution in [2.75, 3.05) is 25.6 Å². The molecule has 0 aliphatic rings. The van der Waals surface area contributed by atoms with Crippen molar-refractivity contribution in [1.82, 2.24) is 24.7 Å². The number of methoxy groups -OCH3 is 1. The number of fused-ring (bicyclic) bond motifs is 1. The first kappa shape index (κ1) is 22.0. The molecule has 0 saturated carbocycles. The molecule has 4 N–H and O–H groups in total. The minimum Gasteiger partial charge on any atom is -0.497 e. The van der Waals surface area contributed by atoms with E-state index < -0.39 is 0 Å². The van der Waals surface area contributed by atoms with E-state index in [0.29, 0.717) is 18.9 Å². The Morgan fingerprint density at radius 3 is 2.76 bits per heavy atom. The lowest BCUT2D eigenvalue weighted by atomic mass is 10.1. The maximum absolute atomic E-state index is 8.88. The van der Waals surface area contributed by atoms with Crippen LogP contribution in [0, 0.1) is 5.41 Å². The summed E-state index contributed by atoms with van der Waals surface area (Å²) < 4.78 is 7.22. The molecule has 0 saturated heterocycles. The van der Waals surface area contributed by atoms with Crippen LogP contribution in [-0.2, 0) is 6.54 Å². The molecule has 4 rings (SSSR count). The van der Waals surface area contributed by atoms with Crippen molar-refractivity contribution in [1.29, 1.82) is 5.41 Å². The molecule has 0 unspecified atom stereocenters. The number of rotatable bonds is 10. The molecule has 0 aliphatic heterocycles. The van der Waals surface area contributed by atoms with Crippen LogP contribution in [0.25, 0.3) is 22.6 Å². The summed E-state index contributed by atoms with van der Waals surface area (Å²) in [6, 6.07) is 13.6. The number of hydrogen-bond donors (Lipinski definition) is 4. The highest BCUT2D eigenvalue weighted by molar-refractivity contribution is 6.08. The third-order valence-electron chi connectivity index (χ3n) is 5.08. The van der Waals surface area contributed by atoms with Gasteiger partial charge in [0.1, 0.15) is 23.5 Å². The number of nitrogens with one attached hydrogen (secondary N) is 3. The third-order valence-corrected chi connectivity index (χ3v) is 5.08.